The van der Waals surface area contributed by atoms with Gasteiger partial charge in [-0.3, -0.25) is 14.5 Å². The second-order valence-corrected chi connectivity index (χ2v) is 17.5. The second kappa shape index (κ2) is 38.4. The van der Waals surface area contributed by atoms with Gasteiger partial charge in [0, 0.05) is 6.04 Å². The summed E-state index contributed by atoms with van der Waals surface area (Å²) in [5, 5.41) is 10.9. The molecule has 0 aromatic carbocycles. The first-order valence-electron chi connectivity index (χ1n) is 24.7. The van der Waals surface area contributed by atoms with Crippen molar-refractivity contribution in [3.63, 3.8) is 0 Å². The molecule has 6 heteroatoms. The van der Waals surface area contributed by atoms with Crippen molar-refractivity contribution >= 4 is 11.9 Å². The Bertz CT molecular complexity index is 851. The Hall–Kier alpha value is -1.14. The third kappa shape index (κ3) is 28.8. The first-order chi connectivity index (χ1) is 27.0. The number of aliphatic hydroxyl groups is 1. The zero-order valence-corrected chi connectivity index (χ0v) is 37.4. The molecule has 0 spiro atoms. The van der Waals surface area contributed by atoms with E-state index in [2.05, 4.69) is 32.6 Å². The number of esters is 2. The molecule has 1 fully saturated rings. The number of aliphatic hydroxyl groups excluding tert-OH is 1. The number of carbonyl (C=O) groups excluding carboxylic acids is 2. The van der Waals surface area contributed by atoms with Gasteiger partial charge in [0.1, 0.15) is 0 Å². The molecule has 0 aliphatic heterocycles. The number of rotatable bonds is 40. The molecular weight excluding hydrogens is 683 g/mol. The summed E-state index contributed by atoms with van der Waals surface area (Å²) < 4.78 is 11.7. The highest BCUT2D eigenvalue weighted by atomic mass is 16.5. The molecule has 55 heavy (non-hydrogen) atoms. The van der Waals surface area contributed by atoms with Crippen LogP contribution in [0.25, 0.3) is 0 Å². The molecule has 6 nitrogen and oxygen atoms in total. The summed E-state index contributed by atoms with van der Waals surface area (Å²) in [7, 11) is 0. The molecule has 0 radical (unpaired) electrons. The van der Waals surface area contributed by atoms with Crippen LogP contribution in [0.2, 0.25) is 0 Å². The lowest BCUT2D eigenvalue weighted by atomic mass is 9.91. The Kier molecular flexibility index (Phi) is 36.2. The summed E-state index contributed by atoms with van der Waals surface area (Å²) in [5.41, 5.74) is 0. The predicted molar refractivity (Wildman–Crippen MR) is 235 cm³/mol. The number of hydrogen-bond donors (Lipinski definition) is 1. The maximum atomic E-state index is 13.0. The van der Waals surface area contributed by atoms with Gasteiger partial charge in [0.05, 0.1) is 31.2 Å². The van der Waals surface area contributed by atoms with Crippen LogP contribution in [0, 0.1) is 11.8 Å². The van der Waals surface area contributed by atoms with Crippen LogP contribution in [0.4, 0.5) is 0 Å². The fraction of sp³-hybridized carbons (Fsp3) is 0.959. The second-order valence-electron chi connectivity index (χ2n) is 17.5. The van der Waals surface area contributed by atoms with Gasteiger partial charge in [-0.15, -0.1) is 0 Å². The standard InChI is InChI=1S/C49H95NO5/c1-5-9-13-17-19-27-37-45(35-25-16-12-8-4)49(53)55-43-33-23-21-31-41-50(46-38-28-29-39-47(46)51)40-30-20-22-32-42-54-48(52)44(34-24-15-11-7-3)36-26-18-14-10-6-2/h44-47,51H,5-43H2,1-4H3. The molecule has 326 valence electrons. The molecule has 0 amide bonds. The molecule has 1 saturated carbocycles. The zero-order valence-electron chi connectivity index (χ0n) is 37.4. The number of nitrogens with zero attached hydrogens (tertiary/aromatic N) is 1. The van der Waals surface area contributed by atoms with E-state index in [0.717, 1.165) is 135 Å². The highest BCUT2D eigenvalue weighted by molar-refractivity contribution is 5.72. The average Bonchev–Trinajstić information content (AvgIpc) is 3.19. The third-order valence-electron chi connectivity index (χ3n) is 12.4. The fourth-order valence-corrected chi connectivity index (χ4v) is 8.64. The van der Waals surface area contributed by atoms with Crippen LogP contribution in [-0.2, 0) is 19.1 Å². The molecule has 0 aromatic heterocycles. The van der Waals surface area contributed by atoms with Gasteiger partial charge in [-0.25, -0.2) is 0 Å². The van der Waals surface area contributed by atoms with Crippen LogP contribution in [0.15, 0.2) is 0 Å². The minimum Gasteiger partial charge on any atom is -0.465 e. The summed E-state index contributed by atoms with van der Waals surface area (Å²) in [6.45, 7) is 12.2. The zero-order chi connectivity index (χ0) is 40.0. The van der Waals surface area contributed by atoms with Crippen molar-refractivity contribution in [2.24, 2.45) is 11.8 Å². The van der Waals surface area contributed by atoms with Gasteiger partial charge in [0.15, 0.2) is 0 Å². The van der Waals surface area contributed by atoms with E-state index in [1.807, 2.05) is 0 Å². The van der Waals surface area contributed by atoms with Gasteiger partial charge < -0.3 is 14.6 Å². The molecule has 0 bridgehead atoms. The molecule has 0 heterocycles. The van der Waals surface area contributed by atoms with Crippen molar-refractivity contribution in [2.45, 2.75) is 265 Å². The Morgan fingerprint density at radius 3 is 1.20 bits per heavy atom. The molecule has 4 atom stereocenters. The summed E-state index contributed by atoms with van der Waals surface area (Å²) in [6.07, 6.45) is 40.2. The first kappa shape index (κ1) is 51.9. The quantitative estimate of drug-likeness (QED) is 0.0493. The predicted octanol–water partition coefficient (Wildman–Crippen LogP) is 14.1. The van der Waals surface area contributed by atoms with Crippen molar-refractivity contribution in [3.05, 3.63) is 0 Å². The number of carbonyl (C=O) groups is 2. The molecular formula is C49H95NO5. The van der Waals surface area contributed by atoms with E-state index in [9.17, 15) is 14.7 Å². The lowest BCUT2D eigenvalue weighted by Crippen LogP contribution is -2.46. The van der Waals surface area contributed by atoms with E-state index in [4.69, 9.17) is 9.47 Å². The molecule has 1 aliphatic carbocycles. The number of hydrogen-bond acceptors (Lipinski definition) is 6. The Labute approximate surface area is 342 Å². The third-order valence-corrected chi connectivity index (χ3v) is 12.4. The Morgan fingerprint density at radius 1 is 0.473 bits per heavy atom. The van der Waals surface area contributed by atoms with Gasteiger partial charge in [0.2, 0.25) is 0 Å². The highest BCUT2D eigenvalue weighted by Gasteiger charge is 2.28. The highest BCUT2D eigenvalue weighted by Crippen LogP contribution is 2.25. The van der Waals surface area contributed by atoms with Gasteiger partial charge in [-0.05, 0) is 77.3 Å². The van der Waals surface area contributed by atoms with Crippen LogP contribution in [-0.4, -0.2) is 60.4 Å². The van der Waals surface area contributed by atoms with Crippen molar-refractivity contribution in [1.82, 2.24) is 4.90 Å². The molecule has 1 aliphatic rings. The van der Waals surface area contributed by atoms with Crippen molar-refractivity contribution < 1.29 is 24.2 Å². The summed E-state index contributed by atoms with van der Waals surface area (Å²) in [4.78, 5) is 28.6. The Balaban J connectivity index is 2.39. The van der Waals surface area contributed by atoms with Crippen molar-refractivity contribution in [3.8, 4) is 0 Å². The van der Waals surface area contributed by atoms with E-state index >= 15 is 0 Å². The normalized spacial score (nSPS) is 17.1. The van der Waals surface area contributed by atoms with E-state index in [1.165, 1.54) is 103 Å². The molecule has 0 aromatic rings. The van der Waals surface area contributed by atoms with E-state index in [1.54, 1.807) is 0 Å². The van der Waals surface area contributed by atoms with E-state index in [-0.39, 0.29) is 35.9 Å². The lowest BCUT2D eigenvalue weighted by molar-refractivity contribution is -0.150. The van der Waals surface area contributed by atoms with Crippen LogP contribution in [0.5, 0.6) is 0 Å². The largest absolute Gasteiger partial charge is 0.465 e. The van der Waals surface area contributed by atoms with Crippen molar-refractivity contribution in [1.29, 1.82) is 0 Å². The number of ether oxygens (including phenoxy) is 2. The summed E-state index contributed by atoms with van der Waals surface area (Å²) in [6, 6.07) is 0.285. The van der Waals surface area contributed by atoms with Crippen LogP contribution >= 0.6 is 0 Å². The van der Waals surface area contributed by atoms with E-state index in [0.29, 0.717) is 13.2 Å². The van der Waals surface area contributed by atoms with Crippen LogP contribution in [0.3, 0.4) is 0 Å². The molecule has 4 unspecified atom stereocenters. The van der Waals surface area contributed by atoms with Gasteiger partial charge in [-0.1, -0.05) is 188 Å². The maximum Gasteiger partial charge on any atom is 0.308 e. The SMILES string of the molecule is CCCCCCCCC(CCCCCC)C(=O)OCCCCCCN(CCCCCCOC(=O)C(CCCCCC)CCCCCCC)C1CCCCC1O. The van der Waals surface area contributed by atoms with E-state index < -0.39 is 0 Å². The first-order valence-corrected chi connectivity index (χ1v) is 24.7. The minimum atomic E-state index is -0.208. The van der Waals surface area contributed by atoms with Crippen LogP contribution in [0.1, 0.15) is 252 Å². The van der Waals surface area contributed by atoms with Gasteiger partial charge >= 0.3 is 11.9 Å². The molecule has 1 rings (SSSR count). The summed E-state index contributed by atoms with van der Waals surface area (Å²) >= 11 is 0. The van der Waals surface area contributed by atoms with Gasteiger partial charge in [-0.2, -0.15) is 0 Å². The smallest absolute Gasteiger partial charge is 0.308 e. The van der Waals surface area contributed by atoms with Gasteiger partial charge in [0.25, 0.3) is 0 Å². The lowest BCUT2D eigenvalue weighted by Gasteiger charge is -2.38. The molecule has 1 N–H and O–H groups in total. The number of unbranched alkanes of at least 4 members (excludes halogenated alkanes) is 21. The minimum absolute atomic E-state index is 0.0492. The van der Waals surface area contributed by atoms with Crippen LogP contribution < -0.4 is 0 Å². The fourth-order valence-electron chi connectivity index (χ4n) is 8.64. The summed E-state index contributed by atoms with van der Waals surface area (Å²) in [5.74, 6) is 0.269. The topological polar surface area (TPSA) is 76.1 Å². The molecule has 0 saturated heterocycles. The maximum absolute atomic E-state index is 13.0. The monoisotopic (exact) mass is 778 g/mol. The van der Waals surface area contributed by atoms with Crippen molar-refractivity contribution in [2.75, 3.05) is 26.3 Å². The Morgan fingerprint density at radius 2 is 0.800 bits per heavy atom. The average molecular weight is 778 g/mol.